The van der Waals surface area contributed by atoms with Gasteiger partial charge in [0.25, 0.3) is 0 Å². The zero-order chi connectivity index (χ0) is 13.9. The molecule has 1 aromatic carbocycles. The molecule has 0 saturated carbocycles. The van der Waals surface area contributed by atoms with Crippen molar-refractivity contribution in [3.8, 4) is 0 Å². The highest BCUT2D eigenvalue weighted by Gasteiger charge is 2.09. The highest BCUT2D eigenvalue weighted by atomic mass is 16.3. The molecule has 0 amide bonds. The minimum atomic E-state index is -0.136. The molecule has 1 N–H and O–H groups in total. The first-order valence-electron chi connectivity index (χ1n) is 7.94. The molecule has 19 heavy (non-hydrogen) atoms. The largest absolute Gasteiger partial charge is 0.393 e. The first-order chi connectivity index (χ1) is 9.22. The van der Waals surface area contributed by atoms with Gasteiger partial charge in [-0.1, -0.05) is 75.8 Å². The van der Waals surface area contributed by atoms with E-state index in [0.29, 0.717) is 0 Å². The number of benzene rings is 1. The van der Waals surface area contributed by atoms with E-state index in [1.807, 2.05) is 6.92 Å². The van der Waals surface area contributed by atoms with Crippen LogP contribution in [0.4, 0.5) is 0 Å². The zero-order valence-electron chi connectivity index (χ0n) is 12.6. The van der Waals surface area contributed by atoms with E-state index in [4.69, 9.17) is 0 Å². The van der Waals surface area contributed by atoms with Gasteiger partial charge in [-0.15, -0.1) is 0 Å². The van der Waals surface area contributed by atoms with E-state index in [0.717, 1.165) is 18.8 Å². The Morgan fingerprint density at radius 2 is 1.58 bits per heavy atom. The predicted octanol–water partition coefficient (Wildman–Crippen LogP) is 4.98. The lowest BCUT2D eigenvalue weighted by Crippen LogP contribution is -2.06. The van der Waals surface area contributed by atoms with Crippen molar-refractivity contribution in [2.45, 2.75) is 71.3 Å². The molecule has 0 aromatic heterocycles. The number of aliphatic hydroxyl groups excluding tert-OH is 1. The average molecular weight is 262 g/mol. The number of hydrogen-bond donors (Lipinski definition) is 1. The summed E-state index contributed by atoms with van der Waals surface area (Å²) in [5.41, 5.74) is 1.47. The van der Waals surface area contributed by atoms with Gasteiger partial charge in [-0.2, -0.15) is 0 Å². The van der Waals surface area contributed by atoms with Crippen LogP contribution in [0.15, 0.2) is 30.3 Å². The third kappa shape index (κ3) is 8.05. The fourth-order valence-corrected chi connectivity index (χ4v) is 2.66. The Morgan fingerprint density at radius 3 is 2.21 bits per heavy atom. The van der Waals surface area contributed by atoms with Crippen molar-refractivity contribution in [3.63, 3.8) is 0 Å². The lowest BCUT2D eigenvalue weighted by Gasteiger charge is -2.17. The Morgan fingerprint density at radius 1 is 0.947 bits per heavy atom. The topological polar surface area (TPSA) is 20.2 Å². The van der Waals surface area contributed by atoms with Crippen molar-refractivity contribution in [1.82, 2.24) is 0 Å². The summed E-state index contributed by atoms with van der Waals surface area (Å²) in [5, 5.41) is 9.29. The smallest absolute Gasteiger partial charge is 0.0512 e. The maximum atomic E-state index is 9.29. The fourth-order valence-electron chi connectivity index (χ4n) is 2.66. The molecule has 108 valence electrons. The predicted molar refractivity (Wildman–Crippen MR) is 83.3 cm³/mol. The summed E-state index contributed by atoms with van der Waals surface area (Å²) in [6.07, 6.45) is 9.74. The zero-order valence-corrected chi connectivity index (χ0v) is 12.6. The van der Waals surface area contributed by atoms with Gasteiger partial charge in [-0.3, -0.25) is 0 Å². The Balaban J connectivity index is 2.34. The molecular weight excluding hydrogens is 232 g/mol. The summed E-state index contributed by atoms with van der Waals surface area (Å²) < 4.78 is 0. The van der Waals surface area contributed by atoms with E-state index in [1.54, 1.807) is 0 Å². The normalized spacial score (nSPS) is 14.3. The van der Waals surface area contributed by atoms with Crippen LogP contribution >= 0.6 is 0 Å². The Labute approximate surface area is 119 Å². The molecule has 0 bridgehead atoms. The highest BCUT2D eigenvalue weighted by Crippen LogP contribution is 2.21. The molecule has 2 unspecified atom stereocenters. The number of aliphatic hydroxyl groups is 1. The van der Waals surface area contributed by atoms with Crippen molar-refractivity contribution in [1.29, 1.82) is 0 Å². The Kier molecular flexibility index (Phi) is 8.57. The van der Waals surface area contributed by atoms with Crippen LogP contribution < -0.4 is 0 Å². The van der Waals surface area contributed by atoms with Crippen molar-refractivity contribution in [2.75, 3.05) is 0 Å². The van der Waals surface area contributed by atoms with E-state index in [-0.39, 0.29) is 6.10 Å². The first kappa shape index (κ1) is 16.2. The third-order valence-corrected chi connectivity index (χ3v) is 3.82. The molecule has 0 spiro atoms. The van der Waals surface area contributed by atoms with E-state index in [1.165, 1.54) is 44.1 Å². The molecule has 0 saturated heterocycles. The van der Waals surface area contributed by atoms with Crippen LogP contribution in [0.3, 0.4) is 0 Å². The second-order valence-corrected chi connectivity index (χ2v) is 5.83. The molecule has 0 aliphatic carbocycles. The minimum Gasteiger partial charge on any atom is -0.393 e. The monoisotopic (exact) mass is 262 g/mol. The number of unbranched alkanes of at least 4 members (excludes halogenated alkanes) is 2. The van der Waals surface area contributed by atoms with Crippen LogP contribution in [0.1, 0.15) is 64.4 Å². The number of hydrogen-bond acceptors (Lipinski definition) is 1. The summed E-state index contributed by atoms with van der Waals surface area (Å²) in [7, 11) is 0. The molecule has 0 heterocycles. The molecular formula is C18H30O. The SMILES string of the molecule is CCCCC(CCCCC(C)O)Cc1ccccc1. The fraction of sp³-hybridized carbons (Fsp3) is 0.667. The first-order valence-corrected chi connectivity index (χ1v) is 7.94. The second-order valence-electron chi connectivity index (χ2n) is 5.83. The minimum absolute atomic E-state index is 0.136. The standard InChI is InChI=1S/C18H30O/c1-3-4-11-17(14-9-8-10-16(2)19)15-18-12-6-5-7-13-18/h5-7,12-13,16-17,19H,3-4,8-11,14-15H2,1-2H3. The van der Waals surface area contributed by atoms with Crippen LogP contribution in [-0.4, -0.2) is 11.2 Å². The van der Waals surface area contributed by atoms with Gasteiger partial charge in [0.15, 0.2) is 0 Å². The van der Waals surface area contributed by atoms with Crippen LogP contribution in [0.25, 0.3) is 0 Å². The molecule has 0 aliphatic rings. The summed E-state index contributed by atoms with van der Waals surface area (Å²) in [6.45, 7) is 4.16. The average Bonchev–Trinajstić information content (AvgIpc) is 2.41. The van der Waals surface area contributed by atoms with Gasteiger partial charge < -0.3 is 5.11 Å². The van der Waals surface area contributed by atoms with Gasteiger partial charge in [0.2, 0.25) is 0 Å². The summed E-state index contributed by atoms with van der Waals surface area (Å²) in [4.78, 5) is 0. The van der Waals surface area contributed by atoms with Gasteiger partial charge in [-0.05, 0) is 31.2 Å². The van der Waals surface area contributed by atoms with E-state index in [9.17, 15) is 5.11 Å². The van der Waals surface area contributed by atoms with Crippen molar-refractivity contribution < 1.29 is 5.11 Å². The lowest BCUT2D eigenvalue weighted by atomic mass is 9.89. The summed E-state index contributed by atoms with van der Waals surface area (Å²) >= 11 is 0. The van der Waals surface area contributed by atoms with Gasteiger partial charge in [0, 0.05) is 0 Å². The molecule has 0 aliphatic heterocycles. The molecule has 1 rings (SSSR count). The number of rotatable bonds is 10. The van der Waals surface area contributed by atoms with Gasteiger partial charge >= 0.3 is 0 Å². The molecule has 1 heteroatoms. The van der Waals surface area contributed by atoms with Crippen LogP contribution in [-0.2, 0) is 6.42 Å². The second kappa shape index (κ2) is 10.0. The van der Waals surface area contributed by atoms with E-state index >= 15 is 0 Å². The lowest BCUT2D eigenvalue weighted by molar-refractivity contribution is 0.179. The van der Waals surface area contributed by atoms with Crippen molar-refractivity contribution in [3.05, 3.63) is 35.9 Å². The summed E-state index contributed by atoms with van der Waals surface area (Å²) in [5.74, 6) is 0.816. The maximum Gasteiger partial charge on any atom is 0.0512 e. The van der Waals surface area contributed by atoms with E-state index < -0.39 is 0 Å². The van der Waals surface area contributed by atoms with Gasteiger partial charge in [-0.25, -0.2) is 0 Å². The maximum absolute atomic E-state index is 9.29. The molecule has 1 aromatic rings. The van der Waals surface area contributed by atoms with Gasteiger partial charge in [0.05, 0.1) is 6.10 Å². The summed E-state index contributed by atoms with van der Waals surface area (Å²) in [6, 6.07) is 10.9. The van der Waals surface area contributed by atoms with Crippen molar-refractivity contribution in [2.24, 2.45) is 5.92 Å². The van der Waals surface area contributed by atoms with Crippen molar-refractivity contribution >= 4 is 0 Å². The molecule has 0 fully saturated rings. The van der Waals surface area contributed by atoms with Crippen LogP contribution in [0.5, 0.6) is 0 Å². The highest BCUT2D eigenvalue weighted by molar-refractivity contribution is 5.15. The Bertz CT molecular complexity index is 305. The Hall–Kier alpha value is -0.820. The van der Waals surface area contributed by atoms with Gasteiger partial charge in [0.1, 0.15) is 0 Å². The van der Waals surface area contributed by atoms with Crippen LogP contribution in [0.2, 0.25) is 0 Å². The molecule has 1 nitrogen and oxygen atoms in total. The van der Waals surface area contributed by atoms with E-state index in [2.05, 4.69) is 37.3 Å². The molecule has 0 radical (unpaired) electrons. The quantitative estimate of drug-likeness (QED) is 0.590. The molecule has 2 atom stereocenters. The third-order valence-electron chi connectivity index (χ3n) is 3.82. The van der Waals surface area contributed by atoms with Crippen LogP contribution in [0, 0.1) is 5.92 Å².